The molecule has 4 N–H and O–H groups in total. The maximum absolute atomic E-state index is 13.4. The second kappa shape index (κ2) is 12.3. The number of hydrogen-bond acceptors (Lipinski definition) is 7. The number of ketones is 2. The highest BCUT2D eigenvalue weighted by Gasteiger charge is 2.34. The molecule has 2 aromatic rings. The number of aliphatic hydroxyl groups excluding tert-OH is 2. The van der Waals surface area contributed by atoms with Gasteiger partial charge in [-0.1, -0.05) is 38.1 Å². The van der Waals surface area contributed by atoms with Crippen molar-refractivity contribution < 1.29 is 19.8 Å². The van der Waals surface area contributed by atoms with E-state index in [1.165, 1.54) is 0 Å². The number of alkyl halides is 1. The Morgan fingerprint density at radius 1 is 0.848 bits per heavy atom. The van der Waals surface area contributed by atoms with Crippen LogP contribution in [0, 0.1) is 0 Å². The molecule has 0 amide bonds. The summed E-state index contributed by atoms with van der Waals surface area (Å²) >= 11 is 5.69. The van der Waals surface area contributed by atoms with Crippen LogP contribution in [0.25, 0.3) is 0 Å². The third kappa shape index (κ3) is 6.05. The minimum Gasteiger partial charge on any atom is -0.390 e. The van der Waals surface area contributed by atoms with Crippen molar-refractivity contribution in [3.05, 3.63) is 58.7 Å². The Morgan fingerprint density at radius 2 is 1.30 bits per heavy atom. The molecule has 2 aromatic carbocycles. The minimum absolute atomic E-state index is 0. The van der Waals surface area contributed by atoms with Gasteiger partial charge in [0.15, 0.2) is 11.6 Å². The van der Waals surface area contributed by atoms with E-state index in [9.17, 15) is 19.8 Å². The first-order valence-corrected chi connectivity index (χ1v) is 11.4. The molecule has 0 saturated carbocycles. The van der Waals surface area contributed by atoms with Gasteiger partial charge in [0.05, 0.1) is 29.2 Å². The Labute approximate surface area is 205 Å². The van der Waals surface area contributed by atoms with Crippen molar-refractivity contribution in [1.29, 1.82) is 0 Å². The number of halogens is 2. The maximum atomic E-state index is 13.4. The lowest BCUT2D eigenvalue weighted by molar-refractivity contribution is 0.0980. The van der Waals surface area contributed by atoms with E-state index >= 15 is 0 Å². The van der Waals surface area contributed by atoms with Gasteiger partial charge in [-0.3, -0.25) is 9.59 Å². The molecule has 180 valence electrons. The standard InChI is InChI=1S/C24H30ClN3O4.ClH/c1-3-28(4-2)14-16(30)13-27-20-10-9-19(26-12-15(29)11-25)21-22(20)24(32)18-8-6-5-7-17(18)23(21)31;/h5-10,15-16,26-27,29-30H,3-4,11-14H2,1-2H3;1H. The van der Waals surface area contributed by atoms with Crippen LogP contribution in [0.15, 0.2) is 36.4 Å². The van der Waals surface area contributed by atoms with Crippen LogP contribution in [0.3, 0.4) is 0 Å². The van der Waals surface area contributed by atoms with E-state index in [1.807, 2.05) is 13.8 Å². The Balaban J connectivity index is 0.00000385. The van der Waals surface area contributed by atoms with Crippen molar-refractivity contribution in [2.24, 2.45) is 0 Å². The number of carbonyl (C=O) groups is 2. The Morgan fingerprint density at radius 3 is 1.73 bits per heavy atom. The number of rotatable bonds is 11. The molecular weight excluding hydrogens is 465 g/mol. The molecule has 0 saturated heterocycles. The van der Waals surface area contributed by atoms with Gasteiger partial charge in [0.2, 0.25) is 0 Å². The lowest BCUT2D eigenvalue weighted by Crippen LogP contribution is -2.36. The second-order valence-electron chi connectivity index (χ2n) is 7.82. The van der Waals surface area contributed by atoms with Crippen molar-refractivity contribution in [3.8, 4) is 0 Å². The largest absolute Gasteiger partial charge is 0.390 e. The second-order valence-corrected chi connectivity index (χ2v) is 8.13. The van der Waals surface area contributed by atoms with Crippen LogP contribution >= 0.6 is 24.0 Å². The van der Waals surface area contributed by atoms with Crippen LogP contribution in [0.2, 0.25) is 0 Å². The first-order chi connectivity index (χ1) is 15.4. The number of nitrogens with zero attached hydrogens (tertiary/aromatic N) is 1. The molecule has 7 nitrogen and oxygen atoms in total. The van der Waals surface area contributed by atoms with Gasteiger partial charge >= 0.3 is 0 Å². The first kappa shape index (κ1) is 27.1. The van der Waals surface area contributed by atoms with Crippen LogP contribution < -0.4 is 10.6 Å². The van der Waals surface area contributed by atoms with Crippen molar-refractivity contribution >= 4 is 46.9 Å². The number of carbonyl (C=O) groups excluding carboxylic acids is 2. The normalized spacial score (nSPS) is 14.2. The Kier molecular flexibility index (Phi) is 10.1. The fraction of sp³-hybridized carbons (Fsp3) is 0.417. The van der Waals surface area contributed by atoms with E-state index < -0.39 is 12.2 Å². The van der Waals surface area contributed by atoms with Gasteiger partial charge in [-0.05, 0) is 25.2 Å². The van der Waals surface area contributed by atoms with Crippen molar-refractivity contribution in [2.75, 3.05) is 49.2 Å². The van der Waals surface area contributed by atoms with E-state index in [4.69, 9.17) is 11.6 Å². The number of likely N-dealkylation sites (N-methyl/N-ethyl adjacent to an activating group) is 1. The quantitative estimate of drug-likeness (QED) is 0.303. The average Bonchev–Trinajstić information content (AvgIpc) is 2.82. The molecule has 9 heteroatoms. The number of fused-ring (bicyclic) bond motifs is 2. The fourth-order valence-electron chi connectivity index (χ4n) is 3.87. The summed E-state index contributed by atoms with van der Waals surface area (Å²) in [6, 6.07) is 10.2. The third-order valence-corrected chi connectivity index (χ3v) is 6.03. The molecule has 33 heavy (non-hydrogen) atoms. The maximum Gasteiger partial charge on any atom is 0.196 e. The molecule has 2 unspecified atom stereocenters. The number of nitrogens with one attached hydrogen (secondary N) is 2. The van der Waals surface area contributed by atoms with Gasteiger partial charge in [0.1, 0.15) is 0 Å². The molecule has 0 bridgehead atoms. The van der Waals surface area contributed by atoms with Gasteiger partial charge in [-0.2, -0.15) is 0 Å². The highest BCUT2D eigenvalue weighted by atomic mass is 35.5. The van der Waals surface area contributed by atoms with E-state index in [1.54, 1.807) is 36.4 Å². The van der Waals surface area contributed by atoms with Crippen LogP contribution in [0.4, 0.5) is 11.4 Å². The molecule has 1 aliphatic carbocycles. The van der Waals surface area contributed by atoms with Gasteiger partial charge < -0.3 is 25.7 Å². The summed E-state index contributed by atoms with van der Waals surface area (Å²) in [7, 11) is 0. The minimum atomic E-state index is -0.790. The third-order valence-electron chi connectivity index (χ3n) is 5.67. The van der Waals surface area contributed by atoms with Crippen LogP contribution in [0.1, 0.15) is 45.7 Å². The predicted octanol–water partition coefficient (Wildman–Crippen LogP) is 3.01. The molecule has 3 rings (SSSR count). The van der Waals surface area contributed by atoms with Gasteiger partial charge in [-0.15, -0.1) is 24.0 Å². The molecular formula is C24H31Cl2N3O4. The number of aliphatic hydroxyl groups is 2. The molecule has 0 fully saturated rings. The lowest BCUT2D eigenvalue weighted by Gasteiger charge is -2.26. The monoisotopic (exact) mass is 495 g/mol. The van der Waals surface area contributed by atoms with E-state index in [-0.39, 0.29) is 54.1 Å². The van der Waals surface area contributed by atoms with E-state index in [0.29, 0.717) is 29.0 Å². The van der Waals surface area contributed by atoms with Crippen molar-refractivity contribution in [3.63, 3.8) is 0 Å². The van der Waals surface area contributed by atoms with Crippen LogP contribution in [-0.2, 0) is 0 Å². The smallest absolute Gasteiger partial charge is 0.196 e. The predicted molar refractivity (Wildman–Crippen MR) is 134 cm³/mol. The molecule has 0 aromatic heterocycles. The topological polar surface area (TPSA) is 102 Å². The highest BCUT2D eigenvalue weighted by molar-refractivity contribution is 6.31. The van der Waals surface area contributed by atoms with Crippen molar-refractivity contribution in [2.45, 2.75) is 26.1 Å². The first-order valence-electron chi connectivity index (χ1n) is 10.9. The molecule has 0 radical (unpaired) electrons. The molecule has 0 spiro atoms. The van der Waals surface area contributed by atoms with Gasteiger partial charge in [0.25, 0.3) is 0 Å². The summed E-state index contributed by atoms with van der Waals surface area (Å²) in [6.07, 6.45) is -1.43. The highest BCUT2D eigenvalue weighted by Crippen LogP contribution is 2.36. The summed E-state index contributed by atoms with van der Waals surface area (Å²) in [4.78, 5) is 28.8. The Hall–Kier alpha value is -2.16. The number of anilines is 2. The average molecular weight is 496 g/mol. The summed E-state index contributed by atoms with van der Waals surface area (Å²) in [5.41, 5.74) is 2.20. The molecule has 0 aliphatic heterocycles. The summed E-state index contributed by atoms with van der Waals surface area (Å²) in [5.74, 6) is -0.461. The summed E-state index contributed by atoms with van der Waals surface area (Å²) in [6.45, 7) is 6.64. The SMILES string of the molecule is CCN(CC)CC(O)CNc1ccc(NCC(O)CCl)c2c1C(=O)c1ccccc1C2=O.Cl. The van der Waals surface area contributed by atoms with E-state index in [0.717, 1.165) is 13.1 Å². The van der Waals surface area contributed by atoms with Gasteiger partial charge in [-0.25, -0.2) is 0 Å². The van der Waals surface area contributed by atoms with Crippen molar-refractivity contribution in [1.82, 2.24) is 4.90 Å². The zero-order chi connectivity index (χ0) is 23.3. The molecule has 2 atom stereocenters. The summed E-state index contributed by atoms with van der Waals surface area (Å²) in [5, 5.41) is 26.5. The fourth-order valence-corrected chi connectivity index (χ4v) is 3.98. The summed E-state index contributed by atoms with van der Waals surface area (Å²) < 4.78 is 0. The van der Waals surface area contributed by atoms with E-state index in [2.05, 4.69) is 15.5 Å². The molecule has 0 heterocycles. The number of benzene rings is 2. The zero-order valence-electron chi connectivity index (χ0n) is 18.8. The van der Waals surface area contributed by atoms with Crippen LogP contribution in [-0.4, -0.2) is 77.5 Å². The number of hydrogen-bond donors (Lipinski definition) is 4. The molecule has 1 aliphatic rings. The van der Waals surface area contributed by atoms with Gasteiger partial charge in [0, 0.05) is 42.1 Å². The lowest BCUT2D eigenvalue weighted by atomic mass is 9.82. The van der Waals surface area contributed by atoms with Crippen LogP contribution in [0.5, 0.6) is 0 Å². The Bertz CT molecular complexity index is 982. The zero-order valence-corrected chi connectivity index (χ0v) is 20.4.